The van der Waals surface area contributed by atoms with Gasteiger partial charge in [-0.05, 0) is 17.6 Å². The predicted molar refractivity (Wildman–Crippen MR) is 55.4 cm³/mol. The van der Waals surface area contributed by atoms with Crippen molar-refractivity contribution in [3.8, 4) is 0 Å². The van der Waals surface area contributed by atoms with Gasteiger partial charge in [0.25, 0.3) is 0 Å². The molecule has 0 atom stereocenters. The predicted octanol–water partition coefficient (Wildman–Crippen LogP) is 1.97. The highest BCUT2D eigenvalue weighted by Crippen LogP contribution is 2.40. The Kier molecular flexibility index (Phi) is 2.41. The summed E-state index contributed by atoms with van der Waals surface area (Å²) in [7, 11) is -4.01. The van der Waals surface area contributed by atoms with Crippen molar-refractivity contribution in [3.05, 3.63) is 30.0 Å². The molecule has 0 fully saturated rings. The number of benzene rings is 1. The van der Waals surface area contributed by atoms with Gasteiger partial charge >= 0.3 is 7.60 Å². The molecular weight excluding hydrogens is 221 g/mol. The van der Waals surface area contributed by atoms with E-state index in [0.29, 0.717) is 5.69 Å². The van der Waals surface area contributed by atoms with E-state index in [0.717, 1.165) is 10.1 Å². The molecule has 2 aromatic rings. The molecule has 0 aliphatic rings. The molecule has 1 aromatic heterocycles. The van der Waals surface area contributed by atoms with Crippen LogP contribution >= 0.6 is 19.1 Å². The van der Waals surface area contributed by atoms with Crippen molar-refractivity contribution >= 4 is 29.2 Å². The van der Waals surface area contributed by atoms with Crippen LogP contribution in [0.15, 0.2) is 24.3 Å². The van der Waals surface area contributed by atoms with Gasteiger partial charge in [-0.15, -0.1) is 0 Å². The van der Waals surface area contributed by atoms with Crippen molar-refractivity contribution in [1.82, 2.24) is 4.37 Å². The molecule has 0 bridgehead atoms. The highest BCUT2D eigenvalue weighted by atomic mass is 32.1. The van der Waals surface area contributed by atoms with Crippen LogP contribution in [0.3, 0.4) is 0 Å². The van der Waals surface area contributed by atoms with Crippen LogP contribution in [0.4, 0.5) is 0 Å². The maximum atomic E-state index is 10.8. The van der Waals surface area contributed by atoms with Gasteiger partial charge in [-0.25, -0.2) is 0 Å². The molecule has 0 spiro atoms. The molecule has 2 rings (SSSR count). The van der Waals surface area contributed by atoms with Crippen molar-refractivity contribution in [2.75, 3.05) is 0 Å². The van der Waals surface area contributed by atoms with E-state index in [4.69, 9.17) is 9.79 Å². The summed E-state index contributed by atoms with van der Waals surface area (Å²) in [5.41, 5.74) is 0.485. The maximum Gasteiger partial charge on any atom is 0.331 e. The zero-order valence-electron chi connectivity index (χ0n) is 7.12. The summed E-state index contributed by atoms with van der Waals surface area (Å²) >= 11 is 1.26. The van der Waals surface area contributed by atoms with E-state index in [9.17, 15) is 4.57 Å². The second-order valence-electron chi connectivity index (χ2n) is 2.95. The fourth-order valence-electron chi connectivity index (χ4n) is 1.25. The first-order valence-corrected chi connectivity index (χ1v) is 6.51. The average Bonchev–Trinajstić information content (AvgIpc) is 2.47. The lowest BCUT2D eigenvalue weighted by atomic mass is 10.2. The summed E-state index contributed by atoms with van der Waals surface area (Å²) in [5, 5.41) is 0.834. The molecule has 6 heteroatoms. The van der Waals surface area contributed by atoms with Crippen LogP contribution in [0.5, 0.6) is 0 Å². The Morgan fingerprint density at radius 3 is 2.79 bits per heavy atom. The quantitative estimate of drug-likeness (QED) is 0.772. The SMILES string of the molecule is O=P(O)(O)Cc1nsc2ccccc12. The topological polar surface area (TPSA) is 70.4 Å². The standard InChI is InChI=1S/C8H8NO3PS/c10-13(11,12)5-7-6-3-1-2-4-8(6)14-9-7/h1-4H,5H2,(H2,10,11,12). The van der Waals surface area contributed by atoms with E-state index in [1.54, 1.807) is 0 Å². The zero-order chi connectivity index (χ0) is 10.2. The molecule has 0 aliphatic heterocycles. The van der Waals surface area contributed by atoms with Crippen LogP contribution in [0, 0.1) is 0 Å². The molecule has 0 saturated heterocycles. The van der Waals surface area contributed by atoms with Crippen LogP contribution in [0.2, 0.25) is 0 Å². The normalized spacial score (nSPS) is 12.1. The van der Waals surface area contributed by atoms with Crippen molar-refractivity contribution in [3.63, 3.8) is 0 Å². The molecule has 0 unspecified atom stereocenters. The first-order valence-electron chi connectivity index (χ1n) is 3.94. The van der Waals surface area contributed by atoms with Gasteiger partial charge in [-0.3, -0.25) is 4.57 Å². The fourth-order valence-corrected chi connectivity index (χ4v) is 2.77. The Morgan fingerprint density at radius 2 is 2.07 bits per heavy atom. The maximum absolute atomic E-state index is 10.8. The second-order valence-corrected chi connectivity index (χ2v) is 5.40. The first kappa shape index (κ1) is 9.80. The molecule has 1 heterocycles. The van der Waals surface area contributed by atoms with E-state index >= 15 is 0 Å². The summed E-state index contributed by atoms with van der Waals surface area (Å²) in [6.07, 6.45) is -0.281. The number of rotatable bonds is 2. The van der Waals surface area contributed by atoms with E-state index in [-0.39, 0.29) is 6.16 Å². The third kappa shape index (κ3) is 2.01. The van der Waals surface area contributed by atoms with Crippen LogP contribution < -0.4 is 0 Å². The van der Waals surface area contributed by atoms with Gasteiger partial charge in [0, 0.05) is 5.39 Å². The van der Waals surface area contributed by atoms with Crippen molar-refractivity contribution in [2.45, 2.75) is 6.16 Å². The minimum Gasteiger partial charge on any atom is -0.324 e. The summed E-state index contributed by atoms with van der Waals surface area (Å²) in [6, 6.07) is 7.42. The lowest BCUT2D eigenvalue weighted by Gasteiger charge is -2.00. The van der Waals surface area contributed by atoms with E-state index < -0.39 is 7.60 Å². The minimum absolute atomic E-state index is 0.281. The molecule has 2 N–H and O–H groups in total. The summed E-state index contributed by atoms with van der Waals surface area (Å²) < 4.78 is 15.8. The first-order chi connectivity index (χ1) is 6.56. The van der Waals surface area contributed by atoms with Gasteiger partial charge in [-0.2, -0.15) is 4.37 Å². The molecule has 0 saturated carbocycles. The molecule has 1 aromatic carbocycles. The summed E-state index contributed by atoms with van der Waals surface area (Å²) in [6.45, 7) is 0. The van der Waals surface area contributed by atoms with Crippen LogP contribution in [-0.2, 0) is 10.7 Å². The van der Waals surface area contributed by atoms with Crippen LogP contribution in [-0.4, -0.2) is 14.2 Å². The Hall–Kier alpha value is -0.740. The lowest BCUT2D eigenvalue weighted by Crippen LogP contribution is -1.86. The third-order valence-corrected chi connectivity index (χ3v) is 3.38. The number of aromatic nitrogens is 1. The smallest absolute Gasteiger partial charge is 0.324 e. The monoisotopic (exact) mass is 229 g/mol. The second kappa shape index (κ2) is 3.44. The molecule has 4 nitrogen and oxygen atoms in total. The average molecular weight is 229 g/mol. The molecule has 14 heavy (non-hydrogen) atoms. The highest BCUT2D eigenvalue weighted by Gasteiger charge is 2.18. The molecular formula is C8H8NO3PS. The number of fused-ring (bicyclic) bond motifs is 1. The van der Waals surface area contributed by atoms with Crippen molar-refractivity contribution < 1.29 is 14.4 Å². The van der Waals surface area contributed by atoms with E-state index in [1.807, 2.05) is 24.3 Å². The Balaban J connectivity index is 2.49. The Morgan fingerprint density at radius 1 is 1.36 bits per heavy atom. The Bertz CT molecular complexity index is 504. The van der Waals surface area contributed by atoms with Crippen molar-refractivity contribution in [2.24, 2.45) is 0 Å². The van der Waals surface area contributed by atoms with Gasteiger partial charge in [0.1, 0.15) is 0 Å². The molecule has 0 radical (unpaired) electrons. The molecule has 0 aliphatic carbocycles. The highest BCUT2D eigenvalue weighted by molar-refractivity contribution is 7.50. The third-order valence-electron chi connectivity index (χ3n) is 1.81. The van der Waals surface area contributed by atoms with Crippen molar-refractivity contribution in [1.29, 1.82) is 0 Å². The number of nitrogens with zero attached hydrogens (tertiary/aromatic N) is 1. The Labute approximate surface area is 84.5 Å². The summed E-state index contributed by atoms with van der Waals surface area (Å²) in [4.78, 5) is 17.6. The van der Waals surface area contributed by atoms with Gasteiger partial charge in [0.15, 0.2) is 0 Å². The zero-order valence-corrected chi connectivity index (χ0v) is 8.83. The van der Waals surface area contributed by atoms with Crippen LogP contribution in [0.25, 0.3) is 10.1 Å². The van der Waals surface area contributed by atoms with E-state index in [2.05, 4.69) is 4.37 Å². The molecule has 74 valence electrons. The summed E-state index contributed by atoms with van der Waals surface area (Å²) in [5.74, 6) is 0. The van der Waals surface area contributed by atoms with E-state index in [1.165, 1.54) is 11.5 Å². The van der Waals surface area contributed by atoms with Gasteiger partial charge in [0.05, 0.1) is 16.6 Å². The van der Waals surface area contributed by atoms with Gasteiger partial charge in [0.2, 0.25) is 0 Å². The lowest BCUT2D eigenvalue weighted by molar-refractivity contribution is 0.371. The van der Waals surface area contributed by atoms with Gasteiger partial charge < -0.3 is 9.79 Å². The largest absolute Gasteiger partial charge is 0.331 e. The van der Waals surface area contributed by atoms with Gasteiger partial charge in [-0.1, -0.05) is 18.2 Å². The van der Waals surface area contributed by atoms with Crippen LogP contribution in [0.1, 0.15) is 5.69 Å². The molecule has 0 amide bonds. The number of hydrogen-bond donors (Lipinski definition) is 2. The minimum atomic E-state index is -4.01. The number of hydrogen-bond acceptors (Lipinski definition) is 3. The fraction of sp³-hybridized carbons (Fsp3) is 0.125.